The Morgan fingerprint density at radius 1 is 1.21 bits per heavy atom. The third kappa shape index (κ3) is 4.94. The van der Waals surface area contributed by atoms with E-state index < -0.39 is 0 Å². The molecular weight excluding hydrogens is 436 g/mol. The number of hydrogen-bond acceptors (Lipinski definition) is 8. The first kappa shape index (κ1) is 24.5. The number of aryl methyl sites for hydroxylation is 1. The Morgan fingerprint density at radius 3 is 2.47 bits per heavy atom. The van der Waals surface area contributed by atoms with Gasteiger partial charge in [0.05, 0.1) is 12.8 Å². The quantitative estimate of drug-likeness (QED) is 0.363. The molecule has 3 heterocycles. The lowest BCUT2D eigenvalue weighted by Crippen LogP contribution is -2.26. The second kappa shape index (κ2) is 11.1. The van der Waals surface area contributed by atoms with Crippen molar-refractivity contribution < 1.29 is 9.53 Å². The molecule has 4 rings (SSSR count). The van der Waals surface area contributed by atoms with Gasteiger partial charge in [-0.3, -0.25) is 15.5 Å². The number of hydrazine groups is 1. The highest BCUT2D eigenvalue weighted by Crippen LogP contribution is 2.32. The van der Waals surface area contributed by atoms with Crippen LogP contribution in [0.25, 0.3) is 16.8 Å². The molecule has 1 amide bonds. The van der Waals surface area contributed by atoms with Crippen LogP contribution in [0.5, 0.6) is 6.01 Å². The van der Waals surface area contributed by atoms with Crippen LogP contribution >= 0.6 is 0 Å². The maximum atomic E-state index is 12.4. The number of nitrogens with two attached hydrogens (primary N) is 2. The third-order valence-corrected chi connectivity index (χ3v) is 5.42. The van der Waals surface area contributed by atoms with E-state index in [0.717, 1.165) is 35.3 Å². The Balaban J connectivity index is 0.000000588. The molecule has 1 aliphatic rings. The van der Waals surface area contributed by atoms with Gasteiger partial charge >= 0.3 is 11.7 Å². The summed E-state index contributed by atoms with van der Waals surface area (Å²) in [7, 11) is 3.07. The molecule has 0 spiro atoms. The van der Waals surface area contributed by atoms with Gasteiger partial charge in [0, 0.05) is 44.2 Å². The van der Waals surface area contributed by atoms with E-state index in [-0.39, 0.29) is 17.6 Å². The number of amides is 1. The van der Waals surface area contributed by atoms with Gasteiger partial charge in [-0.1, -0.05) is 19.1 Å². The summed E-state index contributed by atoms with van der Waals surface area (Å²) in [5.41, 5.74) is 10.5. The molecule has 1 aromatic carbocycles. The standard InChI is InChI=1S/C21H23N5O3.C2H7N3/c1-4-16-17(11-12-22-19(16)25-13-5-6-18(25)27)14-7-9-15(10-8-14)26-20(29-3)23-24(2)21(26)28;3-1-2-5-4/h7-12H,4-6,13H2,1-3H3;1-2,5H,3-4H2/b;2-1-. The summed E-state index contributed by atoms with van der Waals surface area (Å²) in [6.45, 7) is 2.78. The van der Waals surface area contributed by atoms with Crippen LogP contribution in [0, 0.1) is 0 Å². The monoisotopic (exact) mass is 466 g/mol. The smallest absolute Gasteiger partial charge is 0.353 e. The molecule has 5 N–H and O–H groups in total. The fourth-order valence-corrected chi connectivity index (χ4v) is 3.85. The Hall–Kier alpha value is -4.12. The summed E-state index contributed by atoms with van der Waals surface area (Å²) < 4.78 is 7.88. The number of methoxy groups -OCH3 is 1. The molecule has 34 heavy (non-hydrogen) atoms. The average Bonchev–Trinajstić information content (AvgIpc) is 3.41. The highest BCUT2D eigenvalue weighted by atomic mass is 16.5. The first-order valence-corrected chi connectivity index (χ1v) is 10.9. The fraction of sp³-hybridized carbons (Fsp3) is 0.304. The number of pyridine rings is 1. The number of ether oxygens (including phenoxy) is 1. The largest absolute Gasteiger partial charge is 0.467 e. The van der Waals surface area contributed by atoms with E-state index in [1.807, 2.05) is 30.3 Å². The molecule has 0 bridgehead atoms. The maximum absolute atomic E-state index is 12.4. The first-order valence-electron chi connectivity index (χ1n) is 10.9. The second-order valence-corrected chi connectivity index (χ2v) is 7.46. The summed E-state index contributed by atoms with van der Waals surface area (Å²) in [5, 5.41) is 4.08. The van der Waals surface area contributed by atoms with Crippen molar-refractivity contribution in [2.75, 3.05) is 18.6 Å². The van der Waals surface area contributed by atoms with Crippen LogP contribution in [0.1, 0.15) is 25.3 Å². The number of nitrogens with zero attached hydrogens (tertiary/aromatic N) is 5. The van der Waals surface area contributed by atoms with Crippen LogP contribution in [0.2, 0.25) is 0 Å². The molecule has 11 heteroatoms. The van der Waals surface area contributed by atoms with E-state index in [9.17, 15) is 9.59 Å². The molecule has 0 aliphatic carbocycles. The van der Waals surface area contributed by atoms with E-state index in [1.165, 1.54) is 28.8 Å². The van der Waals surface area contributed by atoms with Crippen molar-refractivity contribution in [1.29, 1.82) is 0 Å². The van der Waals surface area contributed by atoms with Crippen molar-refractivity contribution in [3.8, 4) is 22.8 Å². The summed E-state index contributed by atoms with van der Waals surface area (Å²) in [4.78, 5) is 30.9. The zero-order valence-corrected chi connectivity index (χ0v) is 19.6. The Bertz CT molecular complexity index is 1210. The number of aromatic nitrogens is 4. The lowest BCUT2D eigenvalue weighted by molar-refractivity contribution is -0.117. The minimum atomic E-state index is -0.275. The van der Waals surface area contributed by atoms with Crippen LogP contribution in [0.4, 0.5) is 5.82 Å². The van der Waals surface area contributed by atoms with Crippen LogP contribution < -0.4 is 32.3 Å². The number of benzene rings is 1. The summed E-state index contributed by atoms with van der Waals surface area (Å²) in [5.74, 6) is 5.60. The second-order valence-electron chi connectivity index (χ2n) is 7.46. The van der Waals surface area contributed by atoms with Gasteiger partial charge in [-0.25, -0.2) is 19.0 Å². The van der Waals surface area contributed by atoms with Gasteiger partial charge < -0.3 is 15.9 Å². The lowest BCUT2D eigenvalue weighted by Gasteiger charge is -2.20. The van der Waals surface area contributed by atoms with Gasteiger partial charge in [-0.15, -0.1) is 5.10 Å². The van der Waals surface area contributed by atoms with Crippen molar-refractivity contribution >= 4 is 11.7 Å². The molecule has 0 radical (unpaired) electrons. The lowest BCUT2D eigenvalue weighted by atomic mass is 9.98. The molecule has 1 fully saturated rings. The molecule has 2 aromatic heterocycles. The van der Waals surface area contributed by atoms with E-state index >= 15 is 0 Å². The summed E-state index contributed by atoms with van der Waals surface area (Å²) in [6, 6.07) is 9.84. The number of carbonyl (C=O) groups is 1. The SMILES string of the molecule is CCc1c(-c2ccc(-n3c(OC)nn(C)c3=O)cc2)ccnc1N1CCCC1=O.N/C=C\NN. The van der Waals surface area contributed by atoms with Gasteiger partial charge in [-0.05, 0) is 42.2 Å². The molecular formula is C23H30N8O3. The van der Waals surface area contributed by atoms with Crippen LogP contribution in [-0.4, -0.2) is 38.9 Å². The van der Waals surface area contributed by atoms with E-state index in [2.05, 4.69) is 22.4 Å². The predicted molar refractivity (Wildman–Crippen MR) is 130 cm³/mol. The first-order chi connectivity index (χ1) is 16.5. The van der Waals surface area contributed by atoms with Crippen molar-refractivity contribution in [2.45, 2.75) is 26.2 Å². The molecule has 3 aromatic rings. The maximum Gasteiger partial charge on any atom is 0.353 e. The van der Waals surface area contributed by atoms with Crippen LogP contribution in [0.3, 0.4) is 0 Å². The van der Waals surface area contributed by atoms with Crippen molar-refractivity contribution in [3.63, 3.8) is 0 Å². The number of nitrogens with one attached hydrogen (secondary N) is 1. The van der Waals surface area contributed by atoms with Crippen LogP contribution in [0.15, 0.2) is 53.7 Å². The number of anilines is 1. The van der Waals surface area contributed by atoms with E-state index in [1.54, 1.807) is 18.1 Å². The average molecular weight is 467 g/mol. The number of carbonyl (C=O) groups excluding carboxylic acids is 1. The van der Waals surface area contributed by atoms with Gasteiger partial charge in [0.15, 0.2) is 0 Å². The molecule has 0 saturated carbocycles. The Kier molecular flexibility index (Phi) is 8.04. The van der Waals surface area contributed by atoms with E-state index in [0.29, 0.717) is 18.7 Å². The number of rotatable bonds is 6. The zero-order valence-electron chi connectivity index (χ0n) is 19.6. The molecule has 0 unspecified atom stereocenters. The molecule has 180 valence electrons. The summed E-state index contributed by atoms with van der Waals surface area (Å²) in [6.07, 6.45) is 6.70. The Labute approximate surface area is 197 Å². The highest BCUT2D eigenvalue weighted by Gasteiger charge is 2.26. The molecule has 1 aliphatic heterocycles. The zero-order chi connectivity index (χ0) is 24.7. The molecule has 1 saturated heterocycles. The van der Waals surface area contributed by atoms with E-state index in [4.69, 9.17) is 16.3 Å². The van der Waals surface area contributed by atoms with Gasteiger partial charge in [0.2, 0.25) is 5.91 Å². The minimum absolute atomic E-state index is 0.128. The van der Waals surface area contributed by atoms with Crippen molar-refractivity contribution in [1.82, 2.24) is 24.8 Å². The minimum Gasteiger partial charge on any atom is -0.467 e. The summed E-state index contributed by atoms with van der Waals surface area (Å²) >= 11 is 0. The fourth-order valence-electron chi connectivity index (χ4n) is 3.85. The molecule has 11 nitrogen and oxygen atoms in total. The topological polar surface area (TPSA) is 146 Å². The predicted octanol–water partition coefficient (Wildman–Crippen LogP) is 1.21. The highest BCUT2D eigenvalue weighted by molar-refractivity contribution is 5.96. The van der Waals surface area contributed by atoms with Gasteiger partial charge in [0.25, 0.3) is 0 Å². The van der Waals surface area contributed by atoms with Gasteiger partial charge in [-0.2, -0.15) is 0 Å². The van der Waals surface area contributed by atoms with Crippen molar-refractivity contribution in [3.05, 3.63) is 65.0 Å². The van der Waals surface area contributed by atoms with Crippen LogP contribution in [-0.2, 0) is 18.3 Å². The van der Waals surface area contributed by atoms with Crippen molar-refractivity contribution in [2.24, 2.45) is 18.6 Å². The third-order valence-electron chi connectivity index (χ3n) is 5.42. The normalized spacial score (nSPS) is 13.2. The van der Waals surface area contributed by atoms with Gasteiger partial charge in [0.1, 0.15) is 5.82 Å². The number of hydrogen-bond donors (Lipinski definition) is 3. The Morgan fingerprint density at radius 2 is 1.94 bits per heavy atom. The molecule has 0 atom stereocenters.